The lowest BCUT2D eigenvalue weighted by atomic mass is 10.0. The van der Waals surface area contributed by atoms with Crippen molar-refractivity contribution < 1.29 is 0 Å². The van der Waals surface area contributed by atoms with Crippen LogP contribution in [0.25, 0.3) is 123 Å². The van der Waals surface area contributed by atoms with E-state index >= 15 is 0 Å². The number of rotatable bonds is 8. The second kappa shape index (κ2) is 16.4. The van der Waals surface area contributed by atoms with E-state index in [1.54, 1.807) is 0 Å². The van der Waals surface area contributed by atoms with Gasteiger partial charge in [0.05, 0.1) is 22.1 Å². The second-order valence-corrected chi connectivity index (χ2v) is 17.2. The maximum absolute atomic E-state index is 5.48. The minimum Gasteiger partial charge on any atom is -0.307 e. The van der Waals surface area contributed by atoms with Crippen molar-refractivity contribution in [2.75, 3.05) is 0 Å². The van der Waals surface area contributed by atoms with E-state index in [9.17, 15) is 0 Å². The monoisotopic (exact) mass is 867 g/mol. The maximum atomic E-state index is 5.48. The van der Waals surface area contributed by atoms with Gasteiger partial charge in [-0.1, -0.05) is 206 Å². The third-order valence-electron chi connectivity index (χ3n) is 13.2. The zero-order chi connectivity index (χ0) is 45.0. The van der Waals surface area contributed by atoms with Crippen molar-refractivity contribution in [3.05, 3.63) is 249 Å². The summed E-state index contributed by atoms with van der Waals surface area (Å²) in [6, 6.07) is 88.2. The highest BCUT2D eigenvalue weighted by Gasteiger charge is 2.24. The topological polar surface area (TPSA) is 48.5 Å². The molecule has 3 aromatic heterocycles. The van der Waals surface area contributed by atoms with Crippen molar-refractivity contribution in [1.29, 1.82) is 0 Å². The van der Waals surface area contributed by atoms with E-state index in [1.807, 2.05) is 12.1 Å². The van der Waals surface area contributed by atoms with Crippen molar-refractivity contribution in [2.45, 2.75) is 0 Å². The molecule has 0 bridgehead atoms. The molecule has 0 amide bonds. The van der Waals surface area contributed by atoms with E-state index in [4.69, 9.17) is 15.0 Å². The molecule has 10 aromatic carbocycles. The summed E-state index contributed by atoms with van der Waals surface area (Å²) in [6.07, 6.45) is 0. The molecule has 0 saturated heterocycles. The molecule has 5 heteroatoms. The first-order valence-corrected chi connectivity index (χ1v) is 23.0. The Labute approximate surface area is 393 Å². The molecule has 0 aliphatic carbocycles. The first-order valence-electron chi connectivity index (χ1n) is 23.0. The van der Waals surface area contributed by atoms with Crippen LogP contribution in [0.5, 0.6) is 0 Å². The predicted molar refractivity (Wildman–Crippen MR) is 281 cm³/mol. The Bertz CT molecular complexity index is 3890. The molecule has 68 heavy (non-hydrogen) atoms. The zero-order valence-corrected chi connectivity index (χ0v) is 36.9. The normalized spacial score (nSPS) is 11.5. The minimum absolute atomic E-state index is 0.542. The first kappa shape index (κ1) is 39.2. The molecule has 0 spiro atoms. The van der Waals surface area contributed by atoms with Crippen molar-refractivity contribution in [3.8, 4) is 78.9 Å². The van der Waals surface area contributed by atoms with Gasteiger partial charge in [-0.3, -0.25) is 4.57 Å². The molecule has 0 radical (unpaired) electrons. The van der Waals surface area contributed by atoms with Crippen LogP contribution in [0.3, 0.4) is 0 Å². The van der Waals surface area contributed by atoms with E-state index in [-0.39, 0.29) is 0 Å². The SMILES string of the molecule is c1ccc(-c2ccc(-n3c4ccc(-c5ccccc5)cc4c4ccc5c6ccccc6n(-c6nc(-c7cccc(-c8ccccc8)c7)nc(-c7cccc(-c8ccccc8)c7)n6)c5c43)cc2)cc1. The van der Waals surface area contributed by atoms with Crippen LogP contribution >= 0.6 is 0 Å². The third-order valence-corrected chi connectivity index (χ3v) is 13.2. The molecule has 0 atom stereocenters. The van der Waals surface area contributed by atoms with Crippen LogP contribution in [0.15, 0.2) is 249 Å². The van der Waals surface area contributed by atoms with Crippen LogP contribution in [-0.4, -0.2) is 24.1 Å². The lowest BCUT2D eigenvalue weighted by molar-refractivity contribution is 0.953. The molecule has 3 heterocycles. The van der Waals surface area contributed by atoms with E-state index in [1.165, 1.54) is 27.6 Å². The fourth-order valence-electron chi connectivity index (χ4n) is 9.93. The highest BCUT2D eigenvalue weighted by Crippen LogP contribution is 2.43. The second-order valence-electron chi connectivity index (χ2n) is 17.2. The van der Waals surface area contributed by atoms with Gasteiger partial charge in [0.2, 0.25) is 5.95 Å². The fraction of sp³-hybridized carbons (Fsp3) is 0. The van der Waals surface area contributed by atoms with Gasteiger partial charge in [0.15, 0.2) is 11.6 Å². The zero-order valence-electron chi connectivity index (χ0n) is 36.9. The van der Waals surface area contributed by atoms with E-state index in [0.717, 1.165) is 77.3 Å². The molecule has 0 saturated carbocycles. The number of fused-ring (bicyclic) bond motifs is 7. The Morgan fingerprint density at radius 1 is 0.235 bits per heavy atom. The highest BCUT2D eigenvalue weighted by atomic mass is 15.2. The van der Waals surface area contributed by atoms with Gasteiger partial charge in [0, 0.05) is 38.4 Å². The number of aromatic nitrogens is 5. The van der Waals surface area contributed by atoms with Crippen LogP contribution in [0.2, 0.25) is 0 Å². The summed E-state index contributed by atoms with van der Waals surface area (Å²) >= 11 is 0. The maximum Gasteiger partial charge on any atom is 0.238 e. The van der Waals surface area contributed by atoms with Gasteiger partial charge in [0.1, 0.15) is 0 Å². The number of nitrogens with zero attached hydrogens (tertiary/aromatic N) is 5. The molecule has 318 valence electrons. The van der Waals surface area contributed by atoms with Gasteiger partial charge in [0.25, 0.3) is 0 Å². The summed E-state index contributed by atoms with van der Waals surface area (Å²) in [6.45, 7) is 0. The number of benzene rings is 10. The lowest BCUT2D eigenvalue weighted by Crippen LogP contribution is -2.07. The van der Waals surface area contributed by atoms with Crippen molar-refractivity contribution >= 4 is 43.6 Å². The van der Waals surface area contributed by atoms with Gasteiger partial charge in [-0.15, -0.1) is 0 Å². The van der Waals surface area contributed by atoms with Crippen molar-refractivity contribution in [2.24, 2.45) is 0 Å². The highest BCUT2D eigenvalue weighted by molar-refractivity contribution is 6.24. The standard InChI is InChI=1S/C63H41N5/c1-5-17-42(18-6-1)46-31-34-52(35-32-46)67-58-38-33-49(45-23-11-4-12-24-45)41-56(58)55-37-36-54-53-29-13-14-30-57(53)68(60(54)59(55)67)63-65-61(50-27-15-25-47(39-50)43-19-7-2-8-20-43)64-62(66-63)51-28-16-26-48(40-51)44-21-9-3-10-22-44/h1-41H. The molecule has 0 aliphatic rings. The predicted octanol–water partition coefficient (Wildman–Crippen LogP) is 16.1. The molecule has 0 N–H and O–H groups in total. The first-order chi connectivity index (χ1) is 33.7. The van der Waals surface area contributed by atoms with Crippen LogP contribution in [0.1, 0.15) is 0 Å². The Kier molecular flexibility index (Phi) is 9.43. The third kappa shape index (κ3) is 6.76. The van der Waals surface area contributed by atoms with Crippen molar-refractivity contribution in [3.63, 3.8) is 0 Å². The summed E-state index contributed by atoms with van der Waals surface area (Å²) in [5.41, 5.74) is 16.2. The quantitative estimate of drug-likeness (QED) is 0.153. The van der Waals surface area contributed by atoms with E-state index in [0.29, 0.717) is 17.6 Å². The van der Waals surface area contributed by atoms with Gasteiger partial charge in [-0.05, 0) is 87.0 Å². The summed E-state index contributed by atoms with van der Waals surface area (Å²) in [4.78, 5) is 16.3. The van der Waals surface area contributed by atoms with Crippen LogP contribution < -0.4 is 0 Å². The number of para-hydroxylation sites is 1. The molecular formula is C63H41N5. The average Bonchev–Trinajstić information content (AvgIpc) is 3.95. The molecule has 5 nitrogen and oxygen atoms in total. The van der Waals surface area contributed by atoms with Gasteiger partial charge >= 0.3 is 0 Å². The molecule has 13 aromatic rings. The number of hydrogen-bond donors (Lipinski definition) is 0. The summed E-state index contributed by atoms with van der Waals surface area (Å²) < 4.78 is 4.71. The number of hydrogen-bond acceptors (Lipinski definition) is 3. The molecular weight excluding hydrogens is 827 g/mol. The fourth-order valence-corrected chi connectivity index (χ4v) is 9.93. The Hall–Kier alpha value is -9.19. The summed E-state index contributed by atoms with van der Waals surface area (Å²) in [5, 5.41) is 4.54. The lowest BCUT2D eigenvalue weighted by Gasteiger charge is -2.14. The summed E-state index contributed by atoms with van der Waals surface area (Å²) in [7, 11) is 0. The van der Waals surface area contributed by atoms with Gasteiger partial charge in [-0.2, -0.15) is 9.97 Å². The van der Waals surface area contributed by atoms with Crippen LogP contribution in [0, 0.1) is 0 Å². The smallest absolute Gasteiger partial charge is 0.238 e. The molecule has 13 rings (SSSR count). The minimum atomic E-state index is 0.542. The molecule has 0 aliphatic heterocycles. The van der Waals surface area contributed by atoms with Gasteiger partial charge in [-0.25, -0.2) is 4.98 Å². The van der Waals surface area contributed by atoms with E-state index < -0.39 is 0 Å². The molecule has 0 unspecified atom stereocenters. The largest absolute Gasteiger partial charge is 0.307 e. The Morgan fingerprint density at radius 3 is 1.19 bits per heavy atom. The molecule has 0 fully saturated rings. The summed E-state index contributed by atoms with van der Waals surface area (Å²) in [5.74, 6) is 1.73. The Morgan fingerprint density at radius 2 is 0.632 bits per heavy atom. The van der Waals surface area contributed by atoms with Gasteiger partial charge < -0.3 is 4.57 Å². The van der Waals surface area contributed by atoms with Crippen LogP contribution in [-0.2, 0) is 0 Å². The van der Waals surface area contributed by atoms with Crippen molar-refractivity contribution in [1.82, 2.24) is 24.1 Å². The van der Waals surface area contributed by atoms with E-state index in [2.05, 4.69) is 246 Å². The van der Waals surface area contributed by atoms with Crippen LogP contribution in [0.4, 0.5) is 0 Å². The Balaban J connectivity index is 1.11. The average molecular weight is 868 g/mol.